The lowest BCUT2D eigenvalue weighted by molar-refractivity contribution is -0.402. The number of furan rings is 1. The monoisotopic (exact) mass is 344 g/mol. The maximum Gasteiger partial charge on any atom is 0.433 e. The van der Waals surface area contributed by atoms with E-state index in [9.17, 15) is 19.7 Å². The van der Waals surface area contributed by atoms with E-state index in [1.165, 1.54) is 0 Å². The molecular weight excluding hydrogens is 328 g/mol. The van der Waals surface area contributed by atoms with Crippen LogP contribution in [0.3, 0.4) is 0 Å². The Hall–Kier alpha value is -3.16. The molecule has 1 aromatic carbocycles. The first kappa shape index (κ1) is 16.7. The highest BCUT2D eigenvalue weighted by molar-refractivity contribution is 5.91. The zero-order chi connectivity index (χ0) is 17.8. The lowest BCUT2D eigenvalue weighted by Crippen LogP contribution is -2.34. The van der Waals surface area contributed by atoms with Gasteiger partial charge >= 0.3 is 11.9 Å². The van der Waals surface area contributed by atoms with Gasteiger partial charge in [0.15, 0.2) is 0 Å². The molecule has 2 aromatic rings. The molecule has 1 saturated heterocycles. The maximum absolute atomic E-state index is 12.7. The van der Waals surface area contributed by atoms with Crippen LogP contribution in [0.15, 0.2) is 46.9 Å². The van der Waals surface area contributed by atoms with Crippen LogP contribution in [-0.2, 0) is 9.53 Å². The highest BCUT2D eigenvalue weighted by Gasteiger charge is 2.32. The van der Waals surface area contributed by atoms with Crippen LogP contribution in [0.5, 0.6) is 0 Å². The summed E-state index contributed by atoms with van der Waals surface area (Å²) in [7, 11) is 0. The van der Waals surface area contributed by atoms with Crippen LogP contribution in [0, 0.1) is 10.1 Å². The second kappa shape index (κ2) is 7.16. The molecule has 0 radical (unpaired) electrons. The minimum atomic E-state index is -1.11. The van der Waals surface area contributed by atoms with Crippen molar-refractivity contribution in [1.29, 1.82) is 0 Å². The zero-order valence-corrected chi connectivity index (χ0v) is 13.3. The molecule has 25 heavy (non-hydrogen) atoms. The number of ether oxygens (including phenoxy) is 1. The molecule has 8 heteroatoms. The van der Waals surface area contributed by atoms with Crippen molar-refractivity contribution in [3.63, 3.8) is 0 Å². The van der Waals surface area contributed by atoms with E-state index in [2.05, 4.69) is 0 Å². The highest BCUT2D eigenvalue weighted by atomic mass is 16.7. The zero-order valence-electron chi connectivity index (χ0n) is 13.3. The number of esters is 1. The minimum Gasteiger partial charge on any atom is -0.441 e. The van der Waals surface area contributed by atoms with Crippen LogP contribution in [0.4, 0.5) is 5.88 Å². The first-order chi connectivity index (χ1) is 12.1. The molecule has 1 fully saturated rings. The fourth-order valence-electron chi connectivity index (χ4n) is 2.69. The molecule has 1 amide bonds. The highest BCUT2D eigenvalue weighted by Crippen LogP contribution is 2.25. The van der Waals surface area contributed by atoms with Crippen molar-refractivity contribution in [3.05, 3.63) is 63.9 Å². The Morgan fingerprint density at radius 2 is 1.80 bits per heavy atom. The van der Waals surface area contributed by atoms with Gasteiger partial charge in [-0.15, -0.1) is 0 Å². The van der Waals surface area contributed by atoms with Gasteiger partial charge in [0, 0.05) is 18.7 Å². The summed E-state index contributed by atoms with van der Waals surface area (Å²) in [4.78, 5) is 36.6. The van der Waals surface area contributed by atoms with Gasteiger partial charge in [-0.25, -0.2) is 4.79 Å². The summed E-state index contributed by atoms with van der Waals surface area (Å²) in [5.74, 6) is -2.11. The Morgan fingerprint density at radius 1 is 1.12 bits per heavy atom. The number of amides is 1. The number of rotatable bonds is 5. The van der Waals surface area contributed by atoms with E-state index in [0.717, 1.165) is 25.0 Å². The van der Waals surface area contributed by atoms with Crippen molar-refractivity contribution < 1.29 is 23.7 Å². The van der Waals surface area contributed by atoms with Crippen molar-refractivity contribution in [2.75, 3.05) is 13.1 Å². The smallest absolute Gasteiger partial charge is 0.433 e. The molecule has 3 rings (SSSR count). The summed E-state index contributed by atoms with van der Waals surface area (Å²) in [5.41, 5.74) is 0.536. The summed E-state index contributed by atoms with van der Waals surface area (Å²) < 4.78 is 10.2. The van der Waals surface area contributed by atoms with Crippen LogP contribution in [0.1, 0.15) is 35.1 Å². The number of carbonyl (C=O) groups excluding carboxylic acids is 2. The van der Waals surface area contributed by atoms with E-state index in [0.29, 0.717) is 18.7 Å². The molecule has 1 aliphatic heterocycles. The first-order valence-corrected chi connectivity index (χ1v) is 7.85. The van der Waals surface area contributed by atoms with Gasteiger partial charge in [0.1, 0.15) is 4.92 Å². The molecule has 1 aromatic heterocycles. The molecule has 0 aliphatic carbocycles. The Bertz CT molecular complexity index is 779. The van der Waals surface area contributed by atoms with Gasteiger partial charge in [-0.05, 0) is 18.9 Å². The Labute approximate surface area is 143 Å². The van der Waals surface area contributed by atoms with Crippen LogP contribution in [-0.4, -0.2) is 34.8 Å². The van der Waals surface area contributed by atoms with Gasteiger partial charge in [0.2, 0.25) is 11.9 Å². The van der Waals surface area contributed by atoms with Crippen molar-refractivity contribution in [3.8, 4) is 0 Å². The summed E-state index contributed by atoms with van der Waals surface area (Å²) >= 11 is 0. The normalized spacial score (nSPS) is 15.0. The maximum atomic E-state index is 12.7. The number of hydrogen-bond acceptors (Lipinski definition) is 6. The van der Waals surface area contributed by atoms with Gasteiger partial charge < -0.3 is 14.1 Å². The Balaban J connectivity index is 1.82. The van der Waals surface area contributed by atoms with Crippen molar-refractivity contribution in [1.82, 2.24) is 4.90 Å². The lowest BCUT2D eigenvalue weighted by atomic mass is 10.1. The van der Waals surface area contributed by atoms with Gasteiger partial charge in [-0.3, -0.25) is 14.9 Å². The average molecular weight is 344 g/mol. The first-order valence-electron chi connectivity index (χ1n) is 7.85. The molecule has 1 atom stereocenters. The van der Waals surface area contributed by atoms with E-state index in [1.807, 2.05) is 0 Å². The standard InChI is InChI=1S/C17H16N2O6/c20-16(18-10-4-5-11-18)15(12-6-2-1-3-7-12)25-17(21)13-8-9-14(24-13)19(22)23/h1-3,6-9,15H,4-5,10-11H2/t15-/m1/s1. The van der Waals surface area contributed by atoms with Crippen LogP contribution in [0.2, 0.25) is 0 Å². The molecule has 0 saturated carbocycles. The minimum absolute atomic E-state index is 0.307. The molecule has 0 unspecified atom stereocenters. The third-order valence-corrected chi connectivity index (χ3v) is 3.94. The average Bonchev–Trinajstić information content (AvgIpc) is 3.31. The largest absolute Gasteiger partial charge is 0.441 e. The van der Waals surface area contributed by atoms with Crippen molar-refractivity contribution in [2.24, 2.45) is 0 Å². The molecule has 2 heterocycles. The van der Waals surface area contributed by atoms with Crippen molar-refractivity contribution in [2.45, 2.75) is 18.9 Å². The number of carbonyl (C=O) groups is 2. The van der Waals surface area contributed by atoms with E-state index in [1.54, 1.807) is 35.2 Å². The van der Waals surface area contributed by atoms with E-state index in [4.69, 9.17) is 9.15 Å². The lowest BCUT2D eigenvalue weighted by Gasteiger charge is -2.23. The van der Waals surface area contributed by atoms with Crippen LogP contribution >= 0.6 is 0 Å². The van der Waals surface area contributed by atoms with E-state index >= 15 is 0 Å². The van der Waals surface area contributed by atoms with E-state index in [-0.39, 0.29) is 11.7 Å². The van der Waals surface area contributed by atoms with Gasteiger partial charge in [-0.1, -0.05) is 30.3 Å². The van der Waals surface area contributed by atoms with Gasteiger partial charge in [0.25, 0.3) is 5.91 Å². The second-order valence-corrected chi connectivity index (χ2v) is 5.62. The van der Waals surface area contributed by atoms with Crippen LogP contribution < -0.4 is 0 Å². The number of nitrogens with zero attached hydrogens (tertiary/aromatic N) is 2. The predicted molar refractivity (Wildman–Crippen MR) is 85.8 cm³/mol. The fourth-order valence-corrected chi connectivity index (χ4v) is 2.69. The summed E-state index contributed by atoms with van der Waals surface area (Å²) in [6.07, 6.45) is 0.702. The second-order valence-electron chi connectivity index (χ2n) is 5.62. The SMILES string of the molecule is O=C(O[C@@H](C(=O)N1CCCC1)c1ccccc1)c1ccc([N+](=O)[O-])o1. The number of nitro groups is 1. The number of hydrogen-bond donors (Lipinski definition) is 0. The molecule has 130 valence electrons. The Kier molecular flexibility index (Phi) is 4.78. The summed E-state index contributed by atoms with van der Waals surface area (Å²) in [5, 5.41) is 10.7. The van der Waals surface area contributed by atoms with Crippen LogP contribution in [0.25, 0.3) is 0 Å². The number of likely N-dealkylation sites (tertiary alicyclic amines) is 1. The molecule has 8 nitrogen and oxygen atoms in total. The third-order valence-electron chi connectivity index (χ3n) is 3.94. The summed E-state index contributed by atoms with van der Waals surface area (Å²) in [6.45, 7) is 1.23. The Morgan fingerprint density at radius 3 is 2.40 bits per heavy atom. The van der Waals surface area contributed by atoms with E-state index < -0.39 is 22.9 Å². The van der Waals surface area contributed by atoms with Gasteiger partial charge in [-0.2, -0.15) is 0 Å². The topological polar surface area (TPSA) is 103 Å². The third kappa shape index (κ3) is 3.68. The number of benzene rings is 1. The summed E-state index contributed by atoms with van der Waals surface area (Å²) in [6, 6.07) is 10.9. The molecule has 0 spiro atoms. The molecule has 0 N–H and O–H groups in total. The quantitative estimate of drug-likeness (QED) is 0.469. The predicted octanol–water partition coefficient (Wildman–Crippen LogP) is 2.71. The molecule has 0 bridgehead atoms. The van der Waals surface area contributed by atoms with Gasteiger partial charge in [0.05, 0.1) is 6.07 Å². The molecule has 1 aliphatic rings. The molecular formula is C17H16N2O6. The van der Waals surface area contributed by atoms with Crippen molar-refractivity contribution >= 4 is 17.8 Å². The fraction of sp³-hybridized carbons (Fsp3) is 0.294.